The molecule has 8 unspecified atom stereocenters. The Bertz CT molecular complexity index is 7220. The number of hydrogen-bond donors (Lipinski definition) is 0. The lowest BCUT2D eigenvalue weighted by atomic mass is 9.59. The molecular formula is C102H82O38Si10. The van der Waals surface area contributed by atoms with Crippen molar-refractivity contribution in [2.24, 2.45) is 59.2 Å². The third kappa shape index (κ3) is 17.2. The Balaban J connectivity index is 0.000000157. The summed E-state index contributed by atoms with van der Waals surface area (Å²) in [5.41, 5.74) is -0.824. The van der Waals surface area contributed by atoms with Gasteiger partial charge in [-0.1, -0.05) is 243 Å². The first kappa shape index (κ1) is 98.4. The van der Waals surface area contributed by atoms with Gasteiger partial charge in [0.1, 0.15) is 0 Å². The number of benzene rings is 11. The Morgan fingerprint density at radius 3 is 0.640 bits per heavy atom. The van der Waals surface area contributed by atoms with Crippen LogP contribution in [-0.2, 0) is 147 Å². The summed E-state index contributed by atoms with van der Waals surface area (Å²) < 4.78 is 156. The molecule has 8 bridgehead atoms. The highest BCUT2D eigenvalue weighted by Gasteiger charge is 2.84. The molecule has 28 rings (SSSR count). The van der Waals surface area contributed by atoms with E-state index < -0.39 is 205 Å². The molecule has 11 aromatic carbocycles. The lowest BCUT2D eigenvalue weighted by Gasteiger charge is -2.61. The van der Waals surface area contributed by atoms with E-state index in [1.165, 1.54) is 24.3 Å². The van der Waals surface area contributed by atoms with Crippen molar-refractivity contribution < 1.29 is 152 Å². The molecule has 150 heavy (non-hydrogen) atoms. The average Bonchev–Trinajstić information content (AvgIpc) is 0.926. The second kappa shape index (κ2) is 37.2. The van der Waals surface area contributed by atoms with Gasteiger partial charge in [0.05, 0.1) is 92.9 Å². The predicted octanol–water partition coefficient (Wildman–Crippen LogP) is 4.88. The number of rotatable bonds is 12. The number of furan rings is 2. The van der Waals surface area contributed by atoms with Crippen LogP contribution >= 0.6 is 0 Å². The number of ether oxygens (including phenoxy) is 6. The van der Waals surface area contributed by atoms with E-state index >= 15 is 0 Å². The molecule has 0 amide bonds. The van der Waals surface area contributed by atoms with E-state index in [0.717, 1.165) is 11.1 Å². The molecule has 14 heterocycles. The number of fused-ring (bicyclic) bond motifs is 13. The first-order chi connectivity index (χ1) is 72.1. The second-order valence-electron chi connectivity index (χ2n) is 38.9. The number of hydrogen-bond acceptors (Lipinski definition) is 38. The summed E-state index contributed by atoms with van der Waals surface area (Å²) >= 11 is 0. The molecule has 0 radical (unpaired) electrons. The van der Waals surface area contributed by atoms with E-state index in [9.17, 15) is 76.7 Å². The van der Waals surface area contributed by atoms with Crippen molar-refractivity contribution in [1.29, 1.82) is 0 Å². The van der Waals surface area contributed by atoms with Crippen molar-refractivity contribution in [3.63, 3.8) is 0 Å². The van der Waals surface area contributed by atoms with Gasteiger partial charge in [0, 0.05) is 53.6 Å². The highest BCUT2D eigenvalue weighted by molar-refractivity contribution is 7.13. The van der Waals surface area contributed by atoms with Crippen LogP contribution in [0.5, 0.6) is 0 Å². The summed E-state index contributed by atoms with van der Waals surface area (Å²) in [6.45, 7) is 3.55. The van der Waals surface area contributed by atoms with Crippen LogP contribution in [0.1, 0.15) is 70.4 Å². The summed E-state index contributed by atoms with van der Waals surface area (Å²) in [7, 11) is -52.4. The molecule has 12 aliphatic heterocycles. The van der Waals surface area contributed by atoms with Crippen molar-refractivity contribution in [3.8, 4) is 0 Å². The molecule has 11 saturated heterocycles. The molecule has 38 nitrogen and oxygen atoms in total. The van der Waals surface area contributed by atoms with Gasteiger partial charge in [0.15, 0.2) is 0 Å². The smallest absolute Gasteiger partial charge is 0.393 e. The Kier molecular flexibility index (Phi) is 24.4. The van der Waals surface area contributed by atoms with E-state index in [4.69, 9.17) is 76.6 Å². The van der Waals surface area contributed by atoms with Gasteiger partial charge in [0.25, 0.3) is 0 Å². The Morgan fingerprint density at radius 1 is 0.227 bits per heavy atom. The fourth-order valence-electron chi connectivity index (χ4n) is 22.4. The molecule has 15 aliphatic rings. The molecular weight excluding hydrogens is 2110 g/mol. The molecule has 2 saturated carbocycles. The van der Waals surface area contributed by atoms with E-state index in [2.05, 4.69) is 18.3 Å². The van der Waals surface area contributed by atoms with Crippen LogP contribution in [0.15, 0.2) is 307 Å². The van der Waals surface area contributed by atoms with Crippen molar-refractivity contribution in [2.75, 3.05) is 0 Å². The van der Waals surface area contributed by atoms with E-state index in [-0.39, 0.29) is 93.1 Å². The van der Waals surface area contributed by atoms with Crippen LogP contribution in [0.4, 0.5) is 0 Å². The Hall–Kier alpha value is -13.6. The normalized spacial score (nSPS) is 32.7. The van der Waals surface area contributed by atoms with Crippen LogP contribution in [0.25, 0.3) is 32.3 Å². The summed E-state index contributed by atoms with van der Waals surface area (Å²) in [5, 5.41) is 4.44. The molecule has 13 fully saturated rings. The standard InChI is InChI=1S/C60H56O20Si10.C14H14O6.C14H8O6.C14H4O6/c1-81(45-47-43-57(61)65-59(47)63)67-83(49-27-11-3-12-28-49)71-87(53-35-19-7-20-36-53)75-85(51-31-15-5-16-32-51)69-82(2,46-48-44-58(62)66-60(48)64)70-86(52-33-17-6-18-34-52)77-89(79-87,55-39-23-9-24-40-55)73-84(68-81,50-29-13-4-14-30-50)74-90(78-86,56-41-25-10-26-42-56)80-88(72-83,76-85)54-37-21-8-22-38-54;3*15-11-7-1-5-2-9-10(14(18)20-13(9)17)4-6(5)3-8(7)12(16)19-11/h3-42,47-48H,43-46H2,1-2H3;5-10H,1-4H2;1,3,9-10H,2,4H2;1-4H. The average molecular weight is 2200 g/mol. The monoisotopic (exact) mass is 2190 g/mol. The second-order valence-corrected chi connectivity index (χ2v) is 69.2. The van der Waals surface area contributed by atoms with Gasteiger partial charge in [-0.3, -0.25) is 47.9 Å². The maximum absolute atomic E-state index is 14.3. The van der Waals surface area contributed by atoms with Gasteiger partial charge in [-0.05, 0) is 122 Å². The molecule has 0 N–H and O–H groups in total. The number of esters is 12. The van der Waals surface area contributed by atoms with Gasteiger partial charge < -0.3 is 94.9 Å². The van der Waals surface area contributed by atoms with Crippen LogP contribution in [0.2, 0.25) is 25.2 Å². The Morgan fingerprint density at radius 2 is 0.433 bits per heavy atom. The molecule has 0 spiro atoms. The fourth-order valence-corrected chi connectivity index (χ4v) is 79.6. The van der Waals surface area contributed by atoms with E-state index in [0.29, 0.717) is 90.8 Å². The van der Waals surface area contributed by atoms with Crippen LogP contribution < -0.4 is 64.0 Å². The van der Waals surface area contributed by atoms with Gasteiger partial charge in [-0.15, -0.1) is 0 Å². The maximum Gasteiger partial charge on any atom is 0.515 e. The summed E-state index contributed by atoms with van der Waals surface area (Å²) in [6.07, 6.45) is 2.43. The van der Waals surface area contributed by atoms with E-state index in [1.807, 2.05) is 243 Å². The summed E-state index contributed by atoms with van der Waals surface area (Å²) in [4.78, 5) is 194. The predicted molar refractivity (Wildman–Crippen MR) is 535 cm³/mol. The highest BCUT2D eigenvalue weighted by atomic mass is 28.6. The quantitative estimate of drug-likeness (QED) is 0.0680. The molecule has 2 aromatic heterocycles. The topological polar surface area (TPSA) is 484 Å². The van der Waals surface area contributed by atoms with Gasteiger partial charge >= 0.3 is 182 Å². The minimum Gasteiger partial charge on any atom is -0.393 e. The van der Waals surface area contributed by atoms with E-state index in [1.54, 1.807) is 25.2 Å². The van der Waals surface area contributed by atoms with Crippen molar-refractivity contribution in [2.45, 2.75) is 76.5 Å². The van der Waals surface area contributed by atoms with Crippen LogP contribution in [0.3, 0.4) is 0 Å². The van der Waals surface area contributed by atoms with Crippen molar-refractivity contribution in [1.82, 2.24) is 0 Å². The van der Waals surface area contributed by atoms with Gasteiger partial charge in [-0.25, -0.2) is 28.8 Å². The fraction of sp³-hybridized carbons (Fsp3) is 0.216. The minimum absolute atomic E-state index is 0.153. The van der Waals surface area contributed by atoms with Crippen molar-refractivity contribution >= 4 is 233 Å². The van der Waals surface area contributed by atoms with Crippen LogP contribution in [0, 0.1) is 59.2 Å². The molecule has 13 aromatic rings. The largest absolute Gasteiger partial charge is 0.515 e. The van der Waals surface area contributed by atoms with Crippen LogP contribution in [-0.4, -0.2) is 159 Å². The van der Waals surface area contributed by atoms with Gasteiger partial charge in [-0.2, -0.15) is 0 Å². The third-order valence-corrected chi connectivity index (χ3v) is 72.7. The number of cyclic esters (lactones) is 12. The SMILES string of the molecule is C[Si]1(CC2CC(=O)OC2=O)O[Si]2(c3ccccc3)O[Si]3(c4ccccc4)O[Si]4(c5ccccc5)O[Si](C)(CC5CC(=O)OC5=O)O[Si]5(c6ccccc6)O[Si](c6ccccc6)(O[Si](c6ccccc6)(O1)O[Si](c1ccccc1)(O5)O[Si](c1ccccc1)(O2)O4)O3.O=C1OC(=O)C2CC3CC4C(=O)OC(=O)C4CC3CC12.O=C1OC(=O)c2cc3c(cc21)CC1C(=O)OC(=O)C1C3.O=c1oc(=O)c2cc3cc4c(=O)oc(=O)c4cc3cc12. The molecule has 8 atom stereocenters. The number of carbonyl (C=O) groups is 12. The summed E-state index contributed by atoms with van der Waals surface area (Å²) in [6, 6.07) is 81.3. The zero-order valence-electron chi connectivity index (χ0n) is 78.9. The number of carbonyl (C=O) groups excluding carboxylic acids is 12. The van der Waals surface area contributed by atoms with Gasteiger partial charge in [0.2, 0.25) is 0 Å². The Labute approximate surface area is 858 Å². The molecule has 3 aliphatic carbocycles. The zero-order valence-corrected chi connectivity index (χ0v) is 88.9. The first-order valence-corrected chi connectivity index (χ1v) is 67.1. The summed E-state index contributed by atoms with van der Waals surface area (Å²) in [5.74, 6) is -11.3. The lowest BCUT2D eigenvalue weighted by molar-refractivity contribution is -0.155. The minimum atomic E-state index is -5.46. The molecule has 48 heteroatoms. The maximum atomic E-state index is 14.3. The molecule has 758 valence electrons. The first-order valence-electron chi connectivity index (χ1n) is 48.2. The highest BCUT2D eigenvalue weighted by Crippen LogP contribution is 2.55. The lowest BCUT2D eigenvalue weighted by Crippen LogP contribution is -2.93. The third-order valence-electron chi connectivity index (χ3n) is 29.2. The zero-order chi connectivity index (χ0) is 104. The van der Waals surface area contributed by atoms with Crippen molar-refractivity contribution in [3.05, 3.63) is 343 Å².